The van der Waals surface area contributed by atoms with Gasteiger partial charge in [0, 0.05) is 31.5 Å². The van der Waals surface area contributed by atoms with Gasteiger partial charge in [0.25, 0.3) is 5.91 Å². The van der Waals surface area contributed by atoms with Crippen LogP contribution in [0.1, 0.15) is 30.1 Å². The number of amides is 1. The summed E-state index contributed by atoms with van der Waals surface area (Å²) in [5.41, 5.74) is 0.650. The number of carbonyl (C=O) groups excluding carboxylic acids is 1. The second-order valence-corrected chi connectivity index (χ2v) is 7.91. The maximum Gasteiger partial charge on any atom is 0.258 e. The molecule has 1 aliphatic heterocycles. The minimum Gasteiger partial charge on any atom is -0.493 e. The van der Waals surface area contributed by atoms with Crippen LogP contribution in [-0.2, 0) is 0 Å². The van der Waals surface area contributed by atoms with Gasteiger partial charge in [-0.25, -0.2) is 9.97 Å². The van der Waals surface area contributed by atoms with Crippen molar-refractivity contribution in [3.05, 3.63) is 58.8 Å². The summed E-state index contributed by atoms with van der Waals surface area (Å²) in [6.45, 7) is 3.80. The molecule has 1 amide bonds. The summed E-state index contributed by atoms with van der Waals surface area (Å²) in [5, 5.41) is 5.23. The van der Waals surface area contributed by atoms with Crippen molar-refractivity contribution >= 4 is 38.6 Å². The highest BCUT2D eigenvalue weighted by Crippen LogP contribution is 2.31. The molecule has 0 bridgehead atoms. The number of likely N-dealkylation sites (tertiary alicyclic amines) is 1. The van der Waals surface area contributed by atoms with Crippen molar-refractivity contribution < 1.29 is 9.53 Å². The third-order valence-corrected chi connectivity index (χ3v) is 5.57. The van der Waals surface area contributed by atoms with Crippen LogP contribution in [0.3, 0.4) is 0 Å². The molecule has 150 valence electrons. The fraction of sp³-hybridized carbons (Fsp3) is 0.318. The number of nitrogens with one attached hydrogen (secondary N) is 1. The van der Waals surface area contributed by atoms with Crippen molar-refractivity contribution in [2.75, 3.05) is 25.0 Å². The Hall–Kier alpha value is -2.67. The Kier molecular flexibility index (Phi) is 5.94. The summed E-state index contributed by atoms with van der Waals surface area (Å²) in [7, 11) is 0. The number of halogens is 1. The molecular formula is C22H23BrN4O2. The lowest BCUT2D eigenvalue weighted by Crippen LogP contribution is -2.40. The smallest absolute Gasteiger partial charge is 0.258 e. The Balaban J connectivity index is 1.59. The number of hydrogen-bond donors (Lipinski definition) is 1. The van der Waals surface area contributed by atoms with Crippen LogP contribution in [0.5, 0.6) is 5.75 Å². The summed E-state index contributed by atoms with van der Waals surface area (Å²) in [6.07, 6.45) is 5.34. The highest BCUT2D eigenvalue weighted by atomic mass is 79.9. The lowest BCUT2D eigenvalue weighted by molar-refractivity contribution is 0.0741. The molecule has 29 heavy (non-hydrogen) atoms. The van der Waals surface area contributed by atoms with Crippen LogP contribution in [0.4, 0.5) is 5.95 Å². The lowest BCUT2D eigenvalue weighted by Gasteiger charge is -2.26. The molecule has 3 aromatic rings. The first-order valence-electron chi connectivity index (χ1n) is 9.84. The van der Waals surface area contributed by atoms with Gasteiger partial charge in [-0.15, -0.1) is 0 Å². The maximum absolute atomic E-state index is 13.6. The average Bonchev–Trinajstić information content (AvgIpc) is 3.21. The molecule has 1 fully saturated rings. The molecule has 1 aromatic heterocycles. The molecule has 2 aromatic carbocycles. The molecule has 1 N–H and O–H groups in total. The van der Waals surface area contributed by atoms with Crippen LogP contribution in [0, 0.1) is 0 Å². The second-order valence-electron chi connectivity index (χ2n) is 6.99. The number of rotatable bonds is 6. The predicted octanol–water partition coefficient (Wildman–Crippen LogP) is 4.51. The molecule has 1 saturated heterocycles. The van der Waals surface area contributed by atoms with E-state index in [1.54, 1.807) is 12.4 Å². The first kappa shape index (κ1) is 19.6. The highest BCUT2D eigenvalue weighted by Gasteiger charge is 2.32. The summed E-state index contributed by atoms with van der Waals surface area (Å²) >= 11 is 3.34. The van der Waals surface area contributed by atoms with Gasteiger partial charge >= 0.3 is 0 Å². The molecule has 0 aliphatic carbocycles. The second kappa shape index (κ2) is 8.78. The van der Waals surface area contributed by atoms with E-state index in [4.69, 9.17) is 4.74 Å². The number of aromatic nitrogens is 2. The van der Waals surface area contributed by atoms with Crippen molar-refractivity contribution in [1.82, 2.24) is 14.9 Å². The van der Waals surface area contributed by atoms with Gasteiger partial charge in [-0.1, -0.05) is 30.3 Å². The van der Waals surface area contributed by atoms with E-state index < -0.39 is 0 Å². The highest BCUT2D eigenvalue weighted by molar-refractivity contribution is 9.10. The molecule has 4 rings (SSSR count). The third kappa shape index (κ3) is 4.19. The van der Waals surface area contributed by atoms with Crippen LogP contribution in [0.15, 0.2) is 53.3 Å². The van der Waals surface area contributed by atoms with E-state index >= 15 is 0 Å². The van der Waals surface area contributed by atoms with Gasteiger partial charge in [-0.3, -0.25) is 4.79 Å². The standard InChI is InChI=1S/C22H23BrN4O2/c1-2-29-19-10-9-15-6-3-4-8-18(15)20(19)21(28)27-11-5-7-17(27)14-26-22-24-12-16(23)13-25-22/h3-4,6,8-10,12-13,17H,2,5,7,11,14H2,1H3,(H,24,25,26)/t17-/m0/s1. The average molecular weight is 455 g/mol. The van der Waals surface area contributed by atoms with E-state index in [0.29, 0.717) is 30.4 Å². The van der Waals surface area contributed by atoms with Gasteiger partial charge in [0.1, 0.15) is 5.75 Å². The van der Waals surface area contributed by atoms with E-state index in [-0.39, 0.29) is 11.9 Å². The monoisotopic (exact) mass is 454 g/mol. The van der Waals surface area contributed by atoms with Gasteiger partial charge < -0.3 is 15.0 Å². The lowest BCUT2D eigenvalue weighted by atomic mass is 10.0. The molecule has 0 spiro atoms. The third-order valence-electron chi connectivity index (χ3n) is 5.16. The summed E-state index contributed by atoms with van der Waals surface area (Å²) in [5.74, 6) is 1.23. The van der Waals surface area contributed by atoms with Gasteiger partial charge in [-0.2, -0.15) is 0 Å². The van der Waals surface area contributed by atoms with Gasteiger partial charge in [0.05, 0.1) is 16.6 Å². The maximum atomic E-state index is 13.6. The van der Waals surface area contributed by atoms with E-state index in [9.17, 15) is 4.79 Å². The van der Waals surface area contributed by atoms with E-state index in [2.05, 4.69) is 31.2 Å². The molecule has 6 nitrogen and oxygen atoms in total. The molecule has 7 heteroatoms. The molecule has 0 unspecified atom stereocenters. The van der Waals surface area contributed by atoms with E-state index in [1.165, 1.54) is 0 Å². The van der Waals surface area contributed by atoms with Crippen molar-refractivity contribution in [2.24, 2.45) is 0 Å². The number of anilines is 1. The summed E-state index contributed by atoms with van der Waals surface area (Å²) in [4.78, 5) is 24.1. The molecule has 1 atom stereocenters. The number of ether oxygens (including phenoxy) is 1. The Morgan fingerprint density at radius 3 is 2.83 bits per heavy atom. The zero-order valence-electron chi connectivity index (χ0n) is 16.3. The SMILES string of the molecule is CCOc1ccc2ccccc2c1C(=O)N1CCC[C@H]1CNc1ncc(Br)cn1. The first-order valence-corrected chi connectivity index (χ1v) is 10.6. The summed E-state index contributed by atoms with van der Waals surface area (Å²) in [6, 6.07) is 12.0. The van der Waals surface area contributed by atoms with Gasteiger partial charge in [0.15, 0.2) is 0 Å². The van der Waals surface area contributed by atoms with Crippen LogP contribution < -0.4 is 10.1 Å². The quantitative estimate of drug-likeness (QED) is 0.593. The molecule has 0 radical (unpaired) electrons. The Labute approximate surface area is 178 Å². The van der Waals surface area contributed by atoms with Crippen molar-refractivity contribution in [3.8, 4) is 5.75 Å². The van der Waals surface area contributed by atoms with Crippen LogP contribution in [0.2, 0.25) is 0 Å². The Bertz CT molecular complexity index is 1010. The van der Waals surface area contributed by atoms with Crippen LogP contribution in [-0.4, -0.2) is 46.5 Å². The number of nitrogens with zero attached hydrogens (tertiary/aromatic N) is 3. The number of carbonyl (C=O) groups is 1. The summed E-state index contributed by atoms with van der Waals surface area (Å²) < 4.78 is 6.65. The number of benzene rings is 2. The topological polar surface area (TPSA) is 67.3 Å². The Morgan fingerprint density at radius 2 is 2.03 bits per heavy atom. The van der Waals surface area contributed by atoms with Gasteiger partial charge in [0.2, 0.25) is 5.95 Å². The first-order chi connectivity index (χ1) is 14.2. The van der Waals surface area contributed by atoms with Crippen molar-refractivity contribution in [1.29, 1.82) is 0 Å². The van der Waals surface area contributed by atoms with E-state index in [1.807, 2.05) is 48.2 Å². The molecule has 2 heterocycles. The van der Waals surface area contributed by atoms with E-state index in [0.717, 1.165) is 34.6 Å². The molecule has 0 saturated carbocycles. The van der Waals surface area contributed by atoms with Crippen molar-refractivity contribution in [2.45, 2.75) is 25.8 Å². The fourth-order valence-electron chi connectivity index (χ4n) is 3.82. The normalized spacial score (nSPS) is 16.2. The number of hydrogen-bond acceptors (Lipinski definition) is 5. The minimum absolute atomic E-state index is 0.0197. The predicted molar refractivity (Wildman–Crippen MR) is 117 cm³/mol. The van der Waals surface area contributed by atoms with Crippen LogP contribution >= 0.6 is 15.9 Å². The van der Waals surface area contributed by atoms with Crippen molar-refractivity contribution in [3.63, 3.8) is 0 Å². The minimum atomic E-state index is 0.0197. The Morgan fingerprint density at radius 1 is 1.24 bits per heavy atom. The van der Waals surface area contributed by atoms with Crippen LogP contribution in [0.25, 0.3) is 10.8 Å². The fourth-order valence-corrected chi connectivity index (χ4v) is 4.02. The van der Waals surface area contributed by atoms with Gasteiger partial charge in [-0.05, 0) is 52.5 Å². The zero-order valence-corrected chi connectivity index (χ0v) is 17.9. The largest absolute Gasteiger partial charge is 0.493 e. The number of fused-ring (bicyclic) bond motifs is 1. The molecular weight excluding hydrogens is 432 g/mol. The zero-order chi connectivity index (χ0) is 20.2. The molecule has 1 aliphatic rings.